The van der Waals surface area contributed by atoms with Gasteiger partial charge in [-0.3, -0.25) is 0 Å². The Bertz CT molecular complexity index is 997. The van der Waals surface area contributed by atoms with Crippen LogP contribution in [0.25, 0.3) is 0 Å². The normalized spacial score (nSPS) is 15.9. The van der Waals surface area contributed by atoms with Crippen molar-refractivity contribution in [1.82, 2.24) is 4.90 Å². The molecule has 33 heavy (non-hydrogen) atoms. The zero-order valence-electron chi connectivity index (χ0n) is 19.6. The highest BCUT2D eigenvalue weighted by Crippen LogP contribution is 2.33. The molecule has 1 heterocycles. The summed E-state index contributed by atoms with van der Waals surface area (Å²) in [6, 6.07) is 30.7. The first-order valence-electron chi connectivity index (χ1n) is 11.4. The number of ether oxygens (including phenoxy) is 1. The summed E-state index contributed by atoms with van der Waals surface area (Å²) in [6.45, 7) is 7.30. The summed E-state index contributed by atoms with van der Waals surface area (Å²) in [7, 11) is -0.599. The van der Waals surface area contributed by atoms with Gasteiger partial charge in [-0.1, -0.05) is 84.9 Å². The van der Waals surface area contributed by atoms with Crippen LogP contribution in [0, 0.1) is 5.92 Å². The van der Waals surface area contributed by atoms with Gasteiger partial charge >= 0.3 is 6.09 Å². The van der Waals surface area contributed by atoms with Gasteiger partial charge in [-0.2, -0.15) is 0 Å². The van der Waals surface area contributed by atoms with E-state index in [4.69, 9.17) is 4.74 Å². The van der Waals surface area contributed by atoms with Crippen LogP contribution in [0.5, 0.6) is 0 Å². The van der Waals surface area contributed by atoms with Crippen LogP contribution in [0.4, 0.5) is 4.79 Å². The molecule has 4 rings (SSSR count). The summed E-state index contributed by atoms with van der Waals surface area (Å²) < 4.78 is 5.56. The lowest BCUT2D eigenvalue weighted by atomic mass is 9.99. The quantitative estimate of drug-likeness (QED) is 0.283. The van der Waals surface area contributed by atoms with Crippen LogP contribution in [0.3, 0.4) is 0 Å². The van der Waals surface area contributed by atoms with Crippen molar-refractivity contribution in [1.29, 1.82) is 0 Å². The van der Waals surface area contributed by atoms with E-state index in [0.29, 0.717) is 5.92 Å². The monoisotopic (exact) mass is 573 g/mol. The zero-order chi connectivity index (χ0) is 22.6. The summed E-state index contributed by atoms with van der Waals surface area (Å²) in [5, 5.41) is 4.10. The number of halogens is 1. The lowest BCUT2D eigenvalue weighted by molar-refractivity contribution is 0.0288. The maximum atomic E-state index is 12.4. The molecule has 0 unspecified atom stereocenters. The largest absolute Gasteiger partial charge is 0.444 e. The van der Waals surface area contributed by atoms with Crippen molar-refractivity contribution in [2.75, 3.05) is 13.1 Å². The molecule has 5 heteroatoms. The second-order valence-electron chi connectivity index (χ2n) is 9.46. The summed E-state index contributed by atoms with van der Waals surface area (Å²) >= 11 is 0. The second-order valence-corrected chi connectivity index (χ2v) is 11.7. The van der Waals surface area contributed by atoms with Gasteiger partial charge in [-0.25, -0.2) is 4.79 Å². The van der Waals surface area contributed by atoms with Gasteiger partial charge in [0.05, 0.1) is 0 Å². The van der Waals surface area contributed by atoms with Crippen LogP contribution >= 0.6 is 31.9 Å². The molecule has 1 fully saturated rings. The van der Waals surface area contributed by atoms with Crippen LogP contribution < -0.4 is 15.9 Å². The Balaban J connectivity index is 0.00000306. The van der Waals surface area contributed by atoms with E-state index in [1.165, 1.54) is 21.5 Å². The van der Waals surface area contributed by atoms with Crippen molar-refractivity contribution >= 4 is 53.9 Å². The fraction of sp³-hybridized carbons (Fsp3) is 0.321. The third kappa shape index (κ3) is 7.04. The molecule has 1 atom stereocenters. The number of nitrogens with zero attached hydrogens (tertiary/aromatic N) is 1. The predicted octanol–water partition coefficient (Wildman–Crippen LogP) is 5.86. The summed E-state index contributed by atoms with van der Waals surface area (Å²) in [4.78, 5) is 14.3. The molecule has 1 amide bonds. The predicted molar refractivity (Wildman–Crippen MR) is 150 cm³/mol. The van der Waals surface area contributed by atoms with Gasteiger partial charge in [0.15, 0.2) is 0 Å². The average molecular weight is 573 g/mol. The Kier molecular flexibility index (Phi) is 8.95. The maximum absolute atomic E-state index is 12.4. The Labute approximate surface area is 216 Å². The molecule has 1 saturated heterocycles. The minimum atomic E-state index is -0.599. The van der Waals surface area contributed by atoms with Gasteiger partial charge in [0, 0.05) is 13.1 Å². The maximum Gasteiger partial charge on any atom is 0.410 e. The number of carbonyl (C=O) groups excluding carboxylic acids is 1. The Morgan fingerprint density at radius 1 is 0.909 bits per heavy atom. The Morgan fingerprint density at radius 3 is 2.06 bits per heavy atom. The van der Waals surface area contributed by atoms with E-state index in [-0.39, 0.29) is 30.1 Å². The van der Waals surface area contributed by atoms with Gasteiger partial charge < -0.3 is 9.64 Å². The van der Waals surface area contributed by atoms with Crippen molar-refractivity contribution in [3.63, 3.8) is 0 Å². The van der Waals surface area contributed by atoms with E-state index >= 15 is 0 Å². The first-order valence-corrected chi connectivity index (χ1v) is 12.7. The average Bonchev–Trinajstić information content (AvgIpc) is 3.23. The highest BCUT2D eigenvalue weighted by atomic mass is 127. The van der Waals surface area contributed by atoms with Crippen molar-refractivity contribution in [3.8, 4) is 0 Å². The molecule has 174 valence electrons. The number of hydrogen-bond donors (Lipinski definition) is 0. The summed E-state index contributed by atoms with van der Waals surface area (Å²) in [5.74, 6) is 0.470. The molecule has 3 aromatic rings. The molecule has 0 aliphatic carbocycles. The van der Waals surface area contributed by atoms with Crippen molar-refractivity contribution in [3.05, 3.63) is 90.5 Å². The van der Waals surface area contributed by atoms with Crippen LogP contribution in [-0.2, 0) is 11.2 Å². The highest BCUT2D eigenvalue weighted by Gasteiger charge is 2.30. The molecular formula is C28H33INO2P. The van der Waals surface area contributed by atoms with E-state index < -0.39 is 13.5 Å². The van der Waals surface area contributed by atoms with E-state index in [2.05, 4.69) is 84.9 Å². The standard InChI is InChI=1S/C28H32NO2P.HI/c1-28(2,3)31-27(30)29-18-17-23(21-29)19-22-11-10-16-26(20-22)32(24-12-6-4-7-13-24)25-14-8-5-9-15-25;/h4-16,20,23H,17-19,21H2,1-3H3;1H/t23-;/m1./s1. The topological polar surface area (TPSA) is 29.5 Å². The van der Waals surface area contributed by atoms with Gasteiger partial charge in [-0.15, -0.1) is 24.0 Å². The molecule has 0 spiro atoms. The van der Waals surface area contributed by atoms with Crippen LogP contribution in [0.2, 0.25) is 0 Å². The van der Waals surface area contributed by atoms with Crippen LogP contribution in [0.1, 0.15) is 32.8 Å². The molecule has 0 N–H and O–H groups in total. The first kappa shape index (κ1) is 25.7. The molecule has 3 nitrogen and oxygen atoms in total. The van der Waals surface area contributed by atoms with Crippen LogP contribution in [-0.4, -0.2) is 29.7 Å². The van der Waals surface area contributed by atoms with E-state index in [1.807, 2.05) is 25.7 Å². The Hall–Kier alpha value is -1.91. The van der Waals surface area contributed by atoms with Gasteiger partial charge in [0.1, 0.15) is 5.60 Å². The van der Waals surface area contributed by atoms with E-state index in [0.717, 1.165) is 25.9 Å². The van der Waals surface area contributed by atoms with Crippen LogP contribution in [0.15, 0.2) is 84.9 Å². The fourth-order valence-corrected chi connectivity index (χ4v) is 6.61. The number of rotatable bonds is 5. The minimum absolute atomic E-state index is 0. The van der Waals surface area contributed by atoms with Gasteiger partial charge in [-0.05, 0) is 68.9 Å². The fourth-order valence-electron chi connectivity index (χ4n) is 4.25. The first-order chi connectivity index (χ1) is 15.4. The van der Waals surface area contributed by atoms with Crippen molar-refractivity contribution in [2.24, 2.45) is 5.92 Å². The third-order valence-corrected chi connectivity index (χ3v) is 8.08. The number of carbonyl (C=O) groups is 1. The van der Waals surface area contributed by atoms with E-state index in [9.17, 15) is 4.79 Å². The molecule has 0 bridgehead atoms. The third-order valence-electron chi connectivity index (χ3n) is 5.66. The van der Waals surface area contributed by atoms with Crippen molar-refractivity contribution in [2.45, 2.75) is 39.2 Å². The number of amides is 1. The number of benzene rings is 3. The minimum Gasteiger partial charge on any atom is -0.444 e. The molecule has 0 radical (unpaired) electrons. The summed E-state index contributed by atoms with van der Waals surface area (Å²) in [5.41, 5.74) is 0.896. The smallest absolute Gasteiger partial charge is 0.410 e. The lowest BCUT2D eigenvalue weighted by Crippen LogP contribution is -2.35. The molecule has 0 saturated carbocycles. The highest BCUT2D eigenvalue weighted by molar-refractivity contribution is 14.0. The zero-order valence-corrected chi connectivity index (χ0v) is 22.8. The molecule has 1 aliphatic heterocycles. The summed E-state index contributed by atoms with van der Waals surface area (Å²) in [6.07, 6.45) is 1.82. The number of likely N-dealkylation sites (tertiary alicyclic amines) is 1. The molecule has 1 aliphatic rings. The molecular weight excluding hydrogens is 540 g/mol. The Morgan fingerprint density at radius 2 is 1.48 bits per heavy atom. The van der Waals surface area contributed by atoms with E-state index in [1.54, 1.807) is 0 Å². The molecule has 0 aromatic heterocycles. The van der Waals surface area contributed by atoms with Gasteiger partial charge in [0.2, 0.25) is 0 Å². The SMILES string of the molecule is CC(C)(C)OC(=O)N1CC[C@H](Cc2cccc(P(c3ccccc3)c3ccccc3)c2)C1.I. The van der Waals surface area contributed by atoms with Gasteiger partial charge in [0.25, 0.3) is 0 Å². The van der Waals surface area contributed by atoms with Crippen molar-refractivity contribution < 1.29 is 9.53 Å². The number of hydrogen-bond acceptors (Lipinski definition) is 2. The lowest BCUT2D eigenvalue weighted by Gasteiger charge is -2.24. The molecule has 3 aromatic carbocycles. The second kappa shape index (κ2) is 11.5.